The van der Waals surface area contributed by atoms with Gasteiger partial charge in [0.25, 0.3) is 5.91 Å². The zero-order valence-corrected chi connectivity index (χ0v) is 14.7. The van der Waals surface area contributed by atoms with Gasteiger partial charge in [-0.2, -0.15) is 0 Å². The number of carbonyl (C=O) groups is 2. The van der Waals surface area contributed by atoms with E-state index in [0.29, 0.717) is 23.7 Å². The van der Waals surface area contributed by atoms with Crippen LogP contribution in [-0.4, -0.2) is 58.8 Å². The number of halogens is 2. The molecule has 1 aliphatic rings. The number of rotatable bonds is 5. The number of amides is 2. The largest absolute Gasteiger partial charge is 0.465 e. The number of H-pyrrole nitrogens is 1. The third-order valence-corrected chi connectivity index (χ3v) is 4.80. The van der Waals surface area contributed by atoms with Gasteiger partial charge in [0.15, 0.2) is 0 Å². The molecule has 1 fully saturated rings. The van der Waals surface area contributed by atoms with E-state index in [-0.39, 0.29) is 29.9 Å². The van der Waals surface area contributed by atoms with Crippen LogP contribution in [0.15, 0.2) is 12.7 Å². The number of nitrogens with one attached hydrogen (secondary N) is 2. The zero-order chi connectivity index (χ0) is 17.9. The van der Waals surface area contributed by atoms with Gasteiger partial charge in [0.05, 0.1) is 35.3 Å². The summed E-state index contributed by atoms with van der Waals surface area (Å²) in [4.78, 5) is 27.7. The molecule has 24 heavy (non-hydrogen) atoms. The van der Waals surface area contributed by atoms with Crippen LogP contribution in [0.2, 0.25) is 10.0 Å². The maximum Gasteiger partial charge on any atom is 0.407 e. The predicted molar refractivity (Wildman–Crippen MR) is 91.0 cm³/mol. The monoisotopic (exact) mass is 375 g/mol. The molecule has 2 amide bonds. The van der Waals surface area contributed by atoms with E-state index in [2.05, 4.69) is 16.9 Å². The Balaban J connectivity index is 2.10. The zero-order valence-electron chi connectivity index (χ0n) is 13.1. The van der Waals surface area contributed by atoms with Crippen molar-refractivity contribution in [1.29, 1.82) is 0 Å². The van der Waals surface area contributed by atoms with Crippen molar-refractivity contribution in [3.8, 4) is 0 Å². The van der Waals surface area contributed by atoms with E-state index < -0.39 is 18.1 Å². The van der Waals surface area contributed by atoms with Crippen LogP contribution >= 0.6 is 23.2 Å². The van der Waals surface area contributed by atoms with Crippen molar-refractivity contribution in [2.24, 2.45) is 0 Å². The molecule has 2 unspecified atom stereocenters. The lowest BCUT2D eigenvalue weighted by molar-refractivity contribution is -0.00482. The molecule has 1 saturated heterocycles. The molecule has 1 aromatic heterocycles. The molecule has 0 aromatic carbocycles. The van der Waals surface area contributed by atoms with Gasteiger partial charge < -0.3 is 25.0 Å². The van der Waals surface area contributed by atoms with Crippen molar-refractivity contribution in [2.45, 2.75) is 25.5 Å². The Hall–Kier alpha value is -1.70. The molecule has 3 N–H and O–H groups in total. The standard InChI is InChI=1S/C15H19Cl2N3O4/c1-3-6-24-10-7-20(15(22)23)5-4-9(10)19-14(21)13-12(17)11(16)8(2)18-13/h3,9-10,18H,1,4-7H2,2H3,(H,19,21)(H,22,23). The fourth-order valence-electron chi connectivity index (χ4n) is 2.58. The molecule has 1 aliphatic heterocycles. The van der Waals surface area contributed by atoms with Crippen LogP contribution in [0.1, 0.15) is 22.6 Å². The van der Waals surface area contributed by atoms with Crippen LogP contribution in [0.25, 0.3) is 0 Å². The second kappa shape index (κ2) is 7.92. The van der Waals surface area contributed by atoms with Crippen molar-refractivity contribution in [2.75, 3.05) is 19.7 Å². The fraction of sp³-hybridized carbons (Fsp3) is 0.467. The summed E-state index contributed by atoms with van der Waals surface area (Å²) in [5.41, 5.74) is 0.786. The number of hydrogen-bond acceptors (Lipinski definition) is 3. The molecule has 9 heteroatoms. The molecule has 0 saturated carbocycles. The molecule has 0 radical (unpaired) electrons. The lowest BCUT2D eigenvalue weighted by Crippen LogP contribution is -2.56. The molecule has 0 aliphatic carbocycles. The van der Waals surface area contributed by atoms with Crippen molar-refractivity contribution >= 4 is 35.2 Å². The minimum absolute atomic E-state index is 0.165. The summed E-state index contributed by atoms with van der Waals surface area (Å²) in [6, 6.07) is -0.341. The number of aryl methyl sites for hydroxylation is 1. The first-order chi connectivity index (χ1) is 11.3. The first kappa shape index (κ1) is 18.6. The van der Waals surface area contributed by atoms with E-state index in [1.807, 2.05) is 0 Å². The summed E-state index contributed by atoms with van der Waals surface area (Å²) in [6.45, 7) is 6.04. The van der Waals surface area contributed by atoms with Gasteiger partial charge in [0.1, 0.15) is 5.69 Å². The maximum absolute atomic E-state index is 12.4. The number of likely N-dealkylation sites (tertiary alicyclic amines) is 1. The molecule has 2 heterocycles. The summed E-state index contributed by atoms with van der Waals surface area (Å²) in [6.07, 6.45) is 0.526. The van der Waals surface area contributed by atoms with Gasteiger partial charge in [-0.3, -0.25) is 4.79 Å². The lowest BCUT2D eigenvalue weighted by atomic mass is 10.0. The first-order valence-electron chi connectivity index (χ1n) is 7.40. The number of aromatic amines is 1. The average Bonchev–Trinajstić information content (AvgIpc) is 2.81. The van der Waals surface area contributed by atoms with Crippen molar-refractivity contribution in [3.05, 3.63) is 34.1 Å². The molecular formula is C15H19Cl2N3O4. The summed E-state index contributed by atoms with van der Waals surface area (Å²) < 4.78 is 5.61. The van der Waals surface area contributed by atoms with Gasteiger partial charge in [-0.15, -0.1) is 6.58 Å². The molecule has 7 nitrogen and oxygen atoms in total. The third-order valence-electron chi connectivity index (χ3n) is 3.86. The van der Waals surface area contributed by atoms with Crippen LogP contribution in [0.3, 0.4) is 0 Å². The SMILES string of the molecule is C=CCOC1CN(C(=O)O)CCC1NC(=O)c1[nH]c(C)c(Cl)c1Cl. The Labute approximate surface area is 149 Å². The van der Waals surface area contributed by atoms with Crippen LogP contribution < -0.4 is 5.32 Å². The topological polar surface area (TPSA) is 94.7 Å². The summed E-state index contributed by atoms with van der Waals surface area (Å²) in [5.74, 6) is -0.407. The van der Waals surface area contributed by atoms with E-state index in [1.54, 1.807) is 13.0 Å². The minimum atomic E-state index is -1.01. The van der Waals surface area contributed by atoms with Crippen LogP contribution in [0.4, 0.5) is 4.79 Å². The lowest BCUT2D eigenvalue weighted by Gasteiger charge is -2.37. The number of hydrogen-bond donors (Lipinski definition) is 3. The second-order valence-electron chi connectivity index (χ2n) is 5.51. The highest BCUT2D eigenvalue weighted by atomic mass is 35.5. The van der Waals surface area contributed by atoms with Crippen LogP contribution in [0, 0.1) is 6.92 Å². The maximum atomic E-state index is 12.4. The Morgan fingerprint density at radius 1 is 1.50 bits per heavy atom. The molecular weight excluding hydrogens is 357 g/mol. The highest BCUT2D eigenvalue weighted by Gasteiger charge is 2.34. The Bertz CT molecular complexity index is 647. The van der Waals surface area contributed by atoms with E-state index in [4.69, 9.17) is 33.0 Å². The highest BCUT2D eigenvalue weighted by Crippen LogP contribution is 2.29. The number of aromatic nitrogens is 1. The van der Waals surface area contributed by atoms with E-state index in [9.17, 15) is 9.59 Å². The van der Waals surface area contributed by atoms with E-state index in [0.717, 1.165) is 0 Å². The van der Waals surface area contributed by atoms with E-state index >= 15 is 0 Å². The van der Waals surface area contributed by atoms with Crippen molar-refractivity contribution < 1.29 is 19.4 Å². The van der Waals surface area contributed by atoms with Crippen LogP contribution in [-0.2, 0) is 4.74 Å². The van der Waals surface area contributed by atoms with Gasteiger partial charge in [-0.05, 0) is 13.3 Å². The third kappa shape index (κ3) is 4.03. The Morgan fingerprint density at radius 3 is 2.75 bits per heavy atom. The molecule has 0 bridgehead atoms. The molecule has 132 valence electrons. The molecule has 1 aromatic rings. The number of carbonyl (C=O) groups excluding carboxylic acids is 1. The second-order valence-corrected chi connectivity index (χ2v) is 6.27. The summed E-state index contributed by atoms with van der Waals surface area (Å²) in [5, 5.41) is 12.4. The summed E-state index contributed by atoms with van der Waals surface area (Å²) in [7, 11) is 0. The fourth-order valence-corrected chi connectivity index (χ4v) is 3.00. The smallest absolute Gasteiger partial charge is 0.407 e. The van der Waals surface area contributed by atoms with Gasteiger partial charge in [0.2, 0.25) is 0 Å². The van der Waals surface area contributed by atoms with Crippen LogP contribution in [0.5, 0.6) is 0 Å². The average molecular weight is 376 g/mol. The van der Waals surface area contributed by atoms with Crippen molar-refractivity contribution in [1.82, 2.24) is 15.2 Å². The number of carboxylic acid groups (broad SMARTS) is 1. The van der Waals surface area contributed by atoms with Crippen molar-refractivity contribution in [3.63, 3.8) is 0 Å². The number of ether oxygens (including phenoxy) is 1. The summed E-state index contributed by atoms with van der Waals surface area (Å²) >= 11 is 12.0. The Kier molecular flexibility index (Phi) is 6.15. The molecule has 2 atom stereocenters. The van der Waals surface area contributed by atoms with Gasteiger partial charge >= 0.3 is 6.09 Å². The van der Waals surface area contributed by atoms with Gasteiger partial charge in [-0.25, -0.2) is 4.79 Å². The number of piperidine rings is 1. The van der Waals surface area contributed by atoms with Gasteiger partial charge in [-0.1, -0.05) is 29.3 Å². The molecule has 2 rings (SSSR count). The first-order valence-corrected chi connectivity index (χ1v) is 8.15. The van der Waals surface area contributed by atoms with E-state index in [1.165, 1.54) is 4.90 Å². The normalized spacial score (nSPS) is 20.7. The predicted octanol–water partition coefficient (Wildman–Crippen LogP) is 2.68. The molecule has 0 spiro atoms. The minimum Gasteiger partial charge on any atom is -0.465 e. The van der Waals surface area contributed by atoms with Gasteiger partial charge in [0, 0.05) is 12.2 Å². The Morgan fingerprint density at radius 2 is 2.21 bits per heavy atom. The number of nitrogens with zero attached hydrogens (tertiary/aromatic N) is 1. The highest BCUT2D eigenvalue weighted by molar-refractivity contribution is 6.44. The quantitative estimate of drug-likeness (QED) is 0.689.